The molecule has 0 radical (unpaired) electrons. The minimum absolute atomic E-state index is 0.163. The van der Waals surface area contributed by atoms with Crippen LogP contribution in [0, 0.1) is 5.82 Å². The first kappa shape index (κ1) is 19.1. The van der Waals surface area contributed by atoms with Crippen LogP contribution in [0.5, 0.6) is 0 Å². The maximum atomic E-state index is 13.1. The number of nitrogens with one attached hydrogen (secondary N) is 2. The number of amides is 1. The Labute approximate surface area is 132 Å². The van der Waals surface area contributed by atoms with Crippen LogP contribution in [0.25, 0.3) is 0 Å². The van der Waals surface area contributed by atoms with Crippen molar-refractivity contribution in [1.29, 1.82) is 0 Å². The summed E-state index contributed by atoms with van der Waals surface area (Å²) in [4.78, 5) is 11.4. The number of rotatable bonds is 5. The van der Waals surface area contributed by atoms with Crippen LogP contribution in [-0.2, 0) is 10.9 Å². The summed E-state index contributed by atoms with van der Waals surface area (Å²) in [6, 6.07) is 2.71. The molecule has 0 aliphatic heterocycles. The van der Waals surface area contributed by atoms with E-state index in [0.717, 1.165) is 12.1 Å². The van der Waals surface area contributed by atoms with Gasteiger partial charge in [-0.15, -0.1) is 0 Å². The van der Waals surface area contributed by atoms with Gasteiger partial charge in [0.1, 0.15) is 11.4 Å². The van der Waals surface area contributed by atoms with Crippen molar-refractivity contribution < 1.29 is 27.1 Å². The highest BCUT2D eigenvalue weighted by Crippen LogP contribution is 2.32. The lowest BCUT2D eigenvalue weighted by Gasteiger charge is -2.19. The summed E-state index contributed by atoms with van der Waals surface area (Å²) in [6.45, 7) is 5.83. The van der Waals surface area contributed by atoms with E-state index in [4.69, 9.17) is 4.74 Å². The minimum atomic E-state index is -4.74. The summed E-state index contributed by atoms with van der Waals surface area (Å²) in [5.74, 6) is -1.31. The molecular formula is C15H20F4N2O2. The first-order valence-corrected chi connectivity index (χ1v) is 7.06. The summed E-state index contributed by atoms with van der Waals surface area (Å²) in [5.41, 5.74) is -1.74. The molecule has 1 amide bonds. The number of benzene rings is 1. The van der Waals surface area contributed by atoms with Gasteiger partial charge in [0.25, 0.3) is 0 Å². The fraction of sp³-hybridized carbons (Fsp3) is 0.533. The normalized spacial score (nSPS) is 12.0. The fourth-order valence-corrected chi connectivity index (χ4v) is 1.68. The van der Waals surface area contributed by atoms with E-state index in [0.29, 0.717) is 19.5 Å². The van der Waals surface area contributed by atoms with Gasteiger partial charge < -0.3 is 15.4 Å². The van der Waals surface area contributed by atoms with E-state index in [9.17, 15) is 22.4 Å². The number of hydrogen-bond acceptors (Lipinski definition) is 3. The second-order valence-electron chi connectivity index (χ2n) is 5.90. The van der Waals surface area contributed by atoms with Crippen molar-refractivity contribution in [3.63, 3.8) is 0 Å². The Morgan fingerprint density at radius 3 is 2.39 bits per heavy atom. The van der Waals surface area contributed by atoms with E-state index in [2.05, 4.69) is 10.6 Å². The Kier molecular flexibility index (Phi) is 6.23. The third-order valence-corrected chi connectivity index (χ3v) is 2.62. The number of alkyl carbamates (subject to hydrolysis) is 1. The maximum absolute atomic E-state index is 13.1. The predicted octanol–water partition coefficient (Wildman–Crippen LogP) is 4.17. The van der Waals surface area contributed by atoms with Crippen LogP contribution < -0.4 is 10.6 Å². The zero-order valence-electron chi connectivity index (χ0n) is 13.2. The quantitative estimate of drug-likeness (QED) is 0.627. The molecule has 8 heteroatoms. The Morgan fingerprint density at radius 2 is 1.83 bits per heavy atom. The highest BCUT2D eigenvalue weighted by molar-refractivity contribution is 5.67. The SMILES string of the molecule is CC(C)(C)OC(=O)NCCCNc1ccc(F)c(C(F)(F)F)c1. The smallest absolute Gasteiger partial charge is 0.419 e. The third-order valence-electron chi connectivity index (χ3n) is 2.62. The van der Waals surface area contributed by atoms with Gasteiger partial charge in [-0.25, -0.2) is 9.18 Å². The molecule has 0 heterocycles. The average Bonchev–Trinajstić information content (AvgIpc) is 2.36. The van der Waals surface area contributed by atoms with E-state index in [-0.39, 0.29) is 5.69 Å². The molecule has 0 aromatic heterocycles. The largest absolute Gasteiger partial charge is 0.444 e. The Balaban J connectivity index is 2.38. The van der Waals surface area contributed by atoms with Gasteiger partial charge in [0.2, 0.25) is 0 Å². The van der Waals surface area contributed by atoms with E-state index in [1.165, 1.54) is 6.07 Å². The lowest BCUT2D eigenvalue weighted by atomic mass is 10.2. The molecule has 4 nitrogen and oxygen atoms in total. The molecule has 0 saturated carbocycles. The maximum Gasteiger partial charge on any atom is 0.419 e. The lowest BCUT2D eigenvalue weighted by molar-refractivity contribution is -0.139. The fourth-order valence-electron chi connectivity index (χ4n) is 1.68. The predicted molar refractivity (Wildman–Crippen MR) is 78.7 cm³/mol. The standard InChI is InChI=1S/C15H20F4N2O2/c1-14(2,3)23-13(22)21-8-4-7-20-10-5-6-12(16)11(9-10)15(17,18)19/h5-6,9,20H,4,7-8H2,1-3H3,(H,21,22). The van der Waals surface area contributed by atoms with E-state index >= 15 is 0 Å². The number of carbonyl (C=O) groups is 1. The first-order chi connectivity index (χ1) is 10.5. The monoisotopic (exact) mass is 336 g/mol. The topological polar surface area (TPSA) is 50.4 Å². The van der Waals surface area contributed by atoms with Gasteiger partial charge in [0.15, 0.2) is 0 Å². The van der Waals surface area contributed by atoms with Crippen molar-refractivity contribution in [2.45, 2.75) is 39.0 Å². The molecule has 0 fully saturated rings. The molecule has 0 spiro atoms. The van der Waals surface area contributed by atoms with Crippen molar-refractivity contribution in [3.8, 4) is 0 Å². The zero-order valence-corrected chi connectivity index (χ0v) is 13.2. The van der Waals surface area contributed by atoms with E-state index < -0.39 is 29.3 Å². The average molecular weight is 336 g/mol. The van der Waals surface area contributed by atoms with Crippen LogP contribution >= 0.6 is 0 Å². The molecule has 0 unspecified atom stereocenters. The molecule has 0 saturated heterocycles. The van der Waals surface area contributed by atoms with Gasteiger partial charge in [0, 0.05) is 18.8 Å². The van der Waals surface area contributed by atoms with Crippen molar-refractivity contribution in [2.75, 3.05) is 18.4 Å². The van der Waals surface area contributed by atoms with Crippen LogP contribution in [0.1, 0.15) is 32.8 Å². The summed E-state index contributed by atoms with van der Waals surface area (Å²) in [5, 5.41) is 5.28. The Hall–Kier alpha value is -1.99. The summed E-state index contributed by atoms with van der Waals surface area (Å²) >= 11 is 0. The molecule has 0 aliphatic rings. The summed E-state index contributed by atoms with van der Waals surface area (Å²) in [7, 11) is 0. The van der Waals surface area contributed by atoms with Crippen molar-refractivity contribution in [1.82, 2.24) is 5.32 Å². The number of carbonyl (C=O) groups excluding carboxylic acids is 1. The van der Waals surface area contributed by atoms with Crippen LogP contribution in [0.2, 0.25) is 0 Å². The number of alkyl halides is 3. The van der Waals surface area contributed by atoms with Gasteiger partial charge in [-0.3, -0.25) is 0 Å². The second kappa shape index (κ2) is 7.52. The molecule has 130 valence electrons. The van der Waals surface area contributed by atoms with Gasteiger partial charge in [-0.05, 0) is 45.4 Å². The molecule has 0 bridgehead atoms. The van der Waals surface area contributed by atoms with Crippen molar-refractivity contribution in [2.24, 2.45) is 0 Å². The zero-order chi connectivity index (χ0) is 17.7. The number of anilines is 1. The highest BCUT2D eigenvalue weighted by atomic mass is 19.4. The molecule has 23 heavy (non-hydrogen) atoms. The molecule has 1 aromatic rings. The van der Waals surface area contributed by atoms with Gasteiger partial charge >= 0.3 is 12.3 Å². The molecule has 1 rings (SSSR count). The first-order valence-electron chi connectivity index (χ1n) is 7.06. The van der Waals surface area contributed by atoms with Gasteiger partial charge in [-0.1, -0.05) is 0 Å². The van der Waals surface area contributed by atoms with Crippen LogP contribution in [0.3, 0.4) is 0 Å². The minimum Gasteiger partial charge on any atom is -0.444 e. The lowest BCUT2D eigenvalue weighted by Crippen LogP contribution is -2.33. The molecular weight excluding hydrogens is 316 g/mol. The van der Waals surface area contributed by atoms with Crippen LogP contribution in [-0.4, -0.2) is 24.8 Å². The Morgan fingerprint density at radius 1 is 1.17 bits per heavy atom. The van der Waals surface area contributed by atoms with Gasteiger partial charge in [0.05, 0.1) is 5.56 Å². The second-order valence-corrected chi connectivity index (χ2v) is 5.90. The van der Waals surface area contributed by atoms with Crippen molar-refractivity contribution in [3.05, 3.63) is 29.6 Å². The van der Waals surface area contributed by atoms with Gasteiger partial charge in [-0.2, -0.15) is 13.2 Å². The molecule has 0 aliphatic carbocycles. The summed E-state index contributed by atoms with van der Waals surface area (Å²) in [6.07, 6.45) is -4.82. The number of halogens is 4. The Bertz CT molecular complexity index is 539. The van der Waals surface area contributed by atoms with E-state index in [1.807, 2.05) is 0 Å². The molecule has 1 aromatic carbocycles. The molecule has 2 N–H and O–H groups in total. The number of hydrogen-bond donors (Lipinski definition) is 2. The van der Waals surface area contributed by atoms with Crippen LogP contribution in [0.4, 0.5) is 28.0 Å². The van der Waals surface area contributed by atoms with E-state index in [1.54, 1.807) is 20.8 Å². The van der Waals surface area contributed by atoms with Crippen molar-refractivity contribution >= 4 is 11.8 Å². The number of ether oxygens (including phenoxy) is 1. The van der Waals surface area contributed by atoms with Crippen LogP contribution in [0.15, 0.2) is 18.2 Å². The third kappa shape index (κ3) is 7.21. The molecule has 0 atom stereocenters. The summed E-state index contributed by atoms with van der Waals surface area (Å²) < 4.78 is 55.9. The highest BCUT2D eigenvalue weighted by Gasteiger charge is 2.34.